The summed E-state index contributed by atoms with van der Waals surface area (Å²) in [7, 11) is 0. The molecule has 0 unspecified atom stereocenters. The molecule has 0 aromatic rings. The molecule has 0 aliphatic rings. The standard InChI is InChI=1S/2La.2Mg.7O.2Sr/q2*+3;2*+2;7*-2;2*+2. The van der Waals surface area contributed by atoms with Crippen LogP contribution in [0.1, 0.15) is 0 Å². The predicted molar refractivity (Wildman–Crippen MR) is 27.8 cm³/mol. The minimum Gasteiger partial charge on any atom is -2.00 e. The third-order valence-corrected chi connectivity index (χ3v) is 0. The first-order chi connectivity index (χ1) is 0. The number of hydrogen-bond donors (Lipinski definition) is 0. The largest absolute Gasteiger partial charge is 3.00 e. The maximum absolute atomic E-state index is 0. The normalized spacial score (nSPS) is 0. The van der Waals surface area contributed by atoms with Crippen LogP contribution in [0.2, 0.25) is 0 Å². The van der Waals surface area contributed by atoms with Crippen LogP contribution in [-0.4, -0.2) is 137 Å². The SMILES string of the molecule is [La+3].[La+3].[Mg+2].[Mg+2].[O-2].[O-2].[O-2].[O-2].[O-2].[O-2].[O-2].[Sr+2].[Sr+2]. The molecule has 0 heterocycles. The number of hydrogen-bond acceptors (Lipinski definition) is 0. The Balaban J connectivity index is 0. The second-order valence-electron chi connectivity index (χ2n) is 0. The van der Waals surface area contributed by atoms with E-state index in [1.807, 2.05) is 0 Å². The Morgan fingerprint density at radius 3 is 0.308 bits per heavy atom. The van der Waals surface area contributed by atoms with Gasteiger partial charge in [0.25, 0.3) is 0 Å². The molecule has 0 rings (SSSR count). The van der Waals surface area contributed by atoms with Crippen molar-refractivity contribution in [3.8, 4) is 0 Å². The second kappa shape index (κ2) is 132. The third kappa shape index (κ3) is 118. The van der Waals surface area contributed by atoms with Gasteiger partial charge in [-0.3, -0.25) is 0 Å². The van der Waals surface area contributed by atoms with E-state index >= 15 is 0 Å². The molecule has 0 radical (unpaired) electrons. The van der Waals surface area contributed by atoms with Gasteiger partial charge in [0.05, 0.1) is 0 Å². The summed E-state index contributed by atoms with van der Waals surface area (Å²) in [4.78, 5) is 0. The summed E-state index contributed by atoms with van der Waals surface area (Å²) in [6.45, 7) is 0. The maximum atomic E-state index is 0. The minimum absolute atomic E-state index is 0. The van der Waals surface area contributed by atoms with Gasteiger partial charge in [0.1, 0.15) is 0 Å². The van der Waals surface area contributed by atoms with Crippen molar-refractivity contribution >= 4 is 137 Å². The Bertz CT molecular complexity index is 22.5. The zero-order valence-electron chi connectivity index (χ0n) is 6.84. The van der Waals surface area contributed by atoms with Gasteiger partial charge in [-0.2, -0.15) is 0 Å². The molecule has 0 amide bonds. The van der Waals surface area contributed by atoms with E-state index in [-0.39, 0.29) is 247 Å². The molecule has 0 N–H and O–H groups in total. The van der Waals surface area contributed by atoms with E-state index in [1.165, 1.54) is 0 Å². The Morgan fingerprint density at radius 1 is 0.308 bits per heavy atom. The predicted octanol–water partition coefficient (Wildman–Crippen LogP) is -2.35. The van der Waals surface area contributed by atoms with Crippen molar-refractivity contribution in [1.82, 2.24) is 0 Å². The fraction of sp³-hybridized carbons (Fsp3) is 0. The average molecular weight is 614 g/mol. The van der Waals surface area contributed by atoms with Gasteiger partial charge >= 0.3 is 208 Å². The molecule has 0 bridgehead atoms. The molecule has 0 aliphatic carbocycles. The van der Waals surface area contributed by atoms with Crippen molar-refractivity contribution in [3.63, 3.8) is 0 Å². The zero-order valence-corrected chi connectivity index (χ0v) is 23.9. The van der Waals surface area contributed by atoms with Gasteiger partial charge in [-0.15, -0.1) is 0 Å². The topological polar surface area (TPSA) is 200 Å². The summed E-state index contributed by atoms with van der Waals surface area (Å²) in [5.74, 6) is 0. The first-order valence-electron chi connectivity index (χ1n) is 0. The van der Waals surface area contributed by atoms with Crippen molar-refractivity contribution < 1.29 is 110 Å². The minimum atomic E-state index is 0. The first-order valence-corrected chi connectivity index (χ1v) is 0. The molecule has 0 saturated heterocycles. The van der Waals surface area contributed by atoms with Gasteiger partial charge in [-0.05, 0) is 0 Å². The molecule has 0 saturated carbocycles. The molecule has 56 valence electrons. The Kier molecular flexibility index (Phi) is 1580. The Morgan fingerprint density at radius 2 is 0.308 bits per heavy atom. The molecule has 7 nitrogen and oxygen atoms in total. The van der Waals surface area contributed by atoms with Gasteiger partial charge < -0.3 is 38.3 Å². The quantitative estimate of drug-likeness (QED) is 0.264. The molecule has 0 fully saturated rings. The maximum Gasteiger partial charge on any atom is 3.00 e. The van der Waals surface area contributed by atoms with Gasteiger partial charge in [0.2, 0.25) is 0 Å². The average Bonchev–Trinajstić information content (AvgIpc) is 0. The van der Waals surface area contributed by atoms with Crippen LogP contribution in [0.15, 0.2) is 0 Å². The fourth-order valence-corrected chi connectivity index (χ4v) is 0. The van der Waals surface area contributed by atoms with Crippen molar-refractivity contribution in [2.24, 2.45) is 0 Å². The third-order valence-electron chi connectivity index (χ3n) is 0. The van der Waals surface area contributed by atoms with Crippen molar-refractivity contribution in [1.29, 1.82) is 0 Å². The van der Waals surface area contributed by atoms with E-state index in [4.69, 9.17) is 0 Å². The van der Waals surface area contributed by atoms with E-state index < -0.39 is 0 Å². The van der Waals surface area contributed by atoms with Crippen LogP contribution < -0.4 is 0 Å². The van der Waals surface area contributed by atoms with Gasteiger partial charge in [0, 0.05) is 0 Å². The molecule has 0 aromatic heterocycles. The summed E-state index contributed by atoms with van der Waals surface area (Å²) in [6.07, 6.45) is 0. The smallest absolute Gasteiger partial charge is 2.00 e. The van der Waals surface area contributed by atoms with E-state index in [1.54, 1.807) is 0 Å². The Hall–Kier alpha value is 6.60. The molecule has 0 aliphatic heterocycles. The molecular weight excluding hydrogens is 614 g/mol. The fourth-order valence-electron chi connectivity index (χ4n) is 0. The van der Waals surface area contributed by atoms with Crippen LogP contribution in [0.4, 0.5) is 0 Å². The summed E-state index contributed by atoms with van der Waals surface area (Å²) < 4.78 is 0. The Labute approximate surface area is 239 Å². The molecule has 0 aromatic carbocycles. The van der Waals surface area contributed by atoms with E-state index in [9.17, 15) is 0 Å². The van der Waals surface area contributed by atoms with E-state index in [0.717, 1.165) is 0 Å². The first kappa shape index (κ1) is 156. The number of rotatable bonds is 0. The molecule has 0 atom stereocenters. The summed E-state index contributed by atoms with van der Waals surface area (Å²) in [6, 6.07) is 0. The van der Waals surface area contributed by atoms with Crippen molar-refractivity contribution in [2.45, 2.75) is 0 Å². The van der Waals surface area contributed by atoms with Crippen LogP contribution >= 0.6 is 0 Å². The van der Waals surface area contributed by atoms with Crippen LogP contribution in [0, 0.1) is 71.2 Å². The van der Waals surface area contributed by atoms with Crippen molar-refractivity contribution in [3.05, 3.63) is 0 Å². The van der Waals surface area contributed by atoms with Gasteiger partial charge in [-0.25, -0.2) is 0 Å². The van der Waals surface area contributed by atoms with Crippen LogP contribution in [0.25, 0.3) is 0 Å². The zero-order chi connectivity index (χ0) is 0. The van der Waals surface area contributed by atoms with Gasteiger partial charge in [0.15, 0.2) is 0 Å². The molecular formula is La2Mg2O7Sr2. The second-order valence-corrected chi connectivity index (χ2v) is 0. The molecule has 13 heavy (non-hydrogen) atoms. The summed E-state index contributed by atoms with van der Waals surface area (Å²) in [5, 5.41) is 0. The monoisotopic (exact) mass is 614 g/mol. The van der Waals surface area contributed by atoms with Crippen LogP contribution in [0.3, 0.4) is 0 Å². The molecule has 13 heteroatoms. The van der Waals surface area contributed by atoms with Crippen molar-refractivity contribution in [2.75, 3.05) is 0 Å². The van der Waals surface area contributed by atoms with Crippen LogP contribution in [0.5, 0.6) is 0 Å². The summed E-state index contributed by atoms with van der Waals surface area (Å²) in [5.41, 5.74) is 0. The van der Waals surface area contributed by atoms with Gasteiger partial charge in [-0.1, -0.05) is 0 Å². The van der Waals surface area contributed by atoms with Crippen LogP contribution in [-0.2, 0) is 38.3 Å². The van der Waals surface area contributed by atoms with E-state index in [0.29, 0.717) is 0 Å². The summed E-state index contributed by atoms with van der Waals surface area (Å²) >= 11 is 0. The molecule has 0 spiro atoms. The van der Waals surface area contributed by atoms with E-state index in [2.05, 4.69) is 0 Å².